The predicted octanol–water partition coefficient (Wildman–Crippen LogP) is 4.92. The van der Waals surface area contributed by atoms with Gasteiger partial charge in [-0.3, -0.25) is 14.6 Å². The van der Waals surface area contributed by atoms with Crippen LogP contribution in [-0.2, 0) is 0 Å². The molecule has 0 bridgehead atoms. The number of nitrogens with zero attached hydrogens (tertiary/aromatic N) is 3. The first-order valence-electron chi connectivity index (χ1n) is 10.1. The number of carbonyl (C=O) groups is 2. The smallest absolute Gasteiger partial charge is 0.275 e. The number of anilines is 1. The summed E-state index contributed by atoms with van der Waals surface area (Å²) in [6, 6.07) is 17.7. The third-order valence-corrected chi connectivity index (χ3v) is 5.30. The lowest BCUT2D eigenvalue weighted by Crippen LogP contribution is -2.22. The maximum absolute atomic E-state index is 12.8. The topological polar surface area (TPSA) is 96.3 Å². The molecule has 4 rings (SSSR count). The van der Waals surface area contributed by atoms with Crippen LogP contribution in [0.2, 0.25) is 5.02 Å². The summed E-state index contributed by atoms with van der Waals surface area (Å²) in [6.07, 6.45) is 2.94. The molecule has 164 valence electrons. The molecule has 0 atom stereocenters. The second-order valence-electron chi connectivity index (χ2n) is 7.43. The number of aryl methyl sites for hydroxylation is 2. The van der Waals surface area contributed by atoms with Gasteiger partial charge in [0.05, 0.1) is 34.7 Å². The Hall–Kier alpha value is -4.10. The molecule has 0 radical (unpaired) electrons. The van der Waals surface area contributed by atoms with Crippen LogP contribution in [0.25, 0.3) is 11.0 Å². The van der Waals surface area contributed by atoms with Crippen LogP contribution in [-0.4, -0.2) is 28.0 Å². The first-order chi connectivity index (χ1) is 15.9. The van der Waals surface area contributed by atoms with Crippen molar-refractivity contribution in [2.45, 2.75) is 13.8 Å². The predicted molar refractivity (Wildman–Crippen MR) is 130 cm³/mol. The van der Waals surface area contributed by atoms with Gasteiger partial charge in [-0.1, -0.05) is 41.9 Å². The number of hydrogen-bond acceptors (Lipinski definition) is 5. The first kappa shape index (κ1) is 22.1. The van der Waals surface area contributed by atoms with Crippen molar-refractivity contribution in [1.29, 1.82) is 0 Å². The third kappa shape index (κ3) is 5.22. The number of hydrazone groups is 1. The number of fused-ring (bicyclic) bond motifs is 1. The largest absolute Gasteiger partial charge is 0.320 e. The minimum Gasteiger partial charge on any atom is -0.320 e. The van der Waals surface area contributed by atoms with Crippen molar-refractivity contribution in [3.8, 4) is 0 Å². The molecule has 7 nitrogen and oxygen atoms in total. The summed E-state index contributed by atoms with van der Waals surface area (Å²) in [6.45, 7) is 4.03. The molecule has 3 aromatic carbocycles. The van der Waals surface area contributed by atoms with Crippen LogP contribution in [0.3, 0.4) is 0 Å². The second kappa shape index (κ2) is 9.58. The number of para-hydroxylation sites is 2. The lowest BCUT2D eigenvalue weighted by Gasteiger charge is -2.10. The molecule has 2 amide bonds. The van der Waals surface area contributed by atoms with Gasteiger partial charge in [0, 0.05) is 5.02 Å². The van der Waals surface area contributed by atoms with Crippen molar-refractivity contribution < 1.29 is 9.59 Å². The van der Waals surface area contributed by atoms with E-state index in [1.165, 1.54) is 17.8 Å². The Bertz CT molecular complexity index is 1400. The van der Waals surface area contributed by atoms with Gasteiger partial charge in [-0.2, -0.15) is 5.10 Å². The van der Waals surface area contributed by atoms with Crippen molar-refractivity contribution >= 4 is 46.4 Å². The van der Waals surface area contributed by atoms with Crippen LogP contribution in [0.4, 0.5) is 5.69 Å². The average molecular weight is 458 g/mol. The van der Waals surface area contributed by atoms with Crippen LogP contribution in [0.15, 0.2) is 72.0 Å². The lowest BCUT2D eigenvalue weighted by molar-refractivity contribution is 0.0956. The highest BCUT2D eigenvalue weighted by Gasteiger charge is 2.16. The number of halogens is 1. The summed E-state index contributed by atoms with van der Waals surface area (Å²) in [5.74, 6) is -1.01. The van der Waals surface area contributed by atoms with Gasteiger partial charge >= 0.3 is 0 Å². The Morgan fingerprint density at radius 1 is 0.939 bits per heavy atom. The zero-order valence-electron chi connectivity index (χ0n) is 18.0. The first-order valence-corrected chi connectivity index (χ1v) is 10.5. The van der Waals surface area contributed by atoms with Crippen molar-refractivity contribution in [3.05, 3.63) is 99.8 Å². The quantitative estimate of drug-likeness (QED) is 0.328. The summed E-state index contributed by atoms with van der Waals surface area (Å²) in [5, 5.41) is 7.09. The molecule has 4 aromatic rings. The van der Waals surface area contributed by atoms with E-state index in [4.69, 9.17) is 11.6 Å². The van der Waals surface area contributed by atoms with E-state index in [1.807, 2.05) is 50.2 Å². The molecule has 33 heavy (non-hydrogen) atoms. The molecular weight excluding hydrogens is 438 g/mol. The van der Waals surface area contributed by atoms with Crippen LogP contribution in [0.5, 0.6) is 0 Å². The van der Waals surface area contributed by atoms with Crippen LogP contribution in [0, 0.1) is 13.8 Å². The summed E-state index contributed by atoms with van der Waals surface area (Å²) < 4.78 is 0. The van der Waals surface area contributed by atoms with E-state index >= 15 is 0 Å². The van der Waals surface area contributed by atoms with E-state index in [-0.39, 0.29) is 16.9 Å². The molecular formula is C25H20ClN5O2. The Kier molecular flexibility index (Phi) is 6.42. The Labute approximate surface area is 195 Å². The molecule has 0 saturated carbocycles. The van der Waals surface area contributed by atoms with E-state index in [1.54, 1.807) is 24.4 Å². The number of hydrogen-bond donors (Lipinski definition) is 2. The molecule has 0 saturated heterocycles. The molecule has 0 unspecified atom stereocenters. The molecule has 0 aliphatic carbocycles. The highest BCUT2D eigenvalue weighted by Crippen LogP contribution is 2.22. The van der Waals surface area contributed by atoms with Gasteiger partial charge < -0.3 is 5.32 Å². The van der Waals surface area contributed by atoms with Crippen molar-refractivity contribution in [2.24, 2.45) is 5.10 Å². The van der Waals surface area contributed by atoms with E-state index in [9.17, 15) is 9.59 Å². The fraction of sp³-hybridized carbons (Fsp3) is 0.0800. The zero-order valence-corrected chi connectivity index (χ0v) is 18.7. The summed E-state index contributed by atoms with van der Waals surface area (Å²) in [5.41, 5.74) is 7.48. The van der Waals surface area contributed by atoms with Crippen LogP contribution < -0.4 is 10.7 Å². The van der Waals surface area contributed by atoms with Crippen LogP contribution >= 0.6 is 11.6 Å². The highest BCUT2D eigenvalue weighted by molar-refractivity contribution is 6.31. The number of nitrogens with one attached hydrogen (secondary N) is 2. The number of amides is 2. The molecule has 0 spiro atoms. The van der Waals surface area contributed by atoms with Crippen molar-refractivity contribution in [2.75, 3.05) is 5.32 Å². The Balaban J connectivity index is 1.52. The molecule has 1 heterocycles. The van der Waals surface area contributed by atoms with Gasteiger partial charge in [0.25, 0.3) is 11.8 Å². The standard InChI is InChI=1S/C25H20ClN5O2/c1-15-7-8-17(11-16(15)2)13-28-31-24(32)19-12-18(26)9-10-20(19)30-25(33)23-14-27-21-5-3-4-6-22(21)29-23/h3-14H,1-2H3,(H,30,33)(H,31,32). The normalized spacial score (nSPS) is 11.0. The van der Waals surface area contributed by atoms with Gasteiger partial charge in [-0.15, -0.1) is 0 Å². The SMILES string of the molecule is Cc1ccc(C=NNC(=O)c2cc(Cl)ccc2NC(=O)c2cnc3ccccc3n2)cc1C. The number of benzene rings is 3. The van der Waals surface area contributed by atoms with E-state index < -0.39 is 11.8 Å². The number of rotatable bonds is 5. The van der Waals surface area contributed by atoms with Gasteiger partial charge in [0.1, 0.15) is 5.69 Å². The van der Waals surface area contributed by atoms with Gasteiger partial charge in [0.15, 0.2) is 0 Å². The van der Waals surface area contributed by atoms with E-state index in [2.05, 4.69) is 25.8 Å². The highest BCUT2D eigenvalue weighted by atomic mass is 35.5. The van der Waals surface area contributed by atoms with Crippen molar-refractivity contribution in [3.63, 3.8) is 0 Å². The maximum Gasteiger partial charge on any atom is 0.275 e. The lowest BCUT2D eigenvalue weighted by atomic mass is 10.1. The van der Waals surface area contributed by atoms with Gasteiger partial charge in [-0.05, 0) is 60.9 Å². The maximum atomic E-state index is 12.8. The second-order valence-corrected chi connectivity index (χ2v) is 7.87. The summed E-state index contributed by atoms with van der Waals surface area (Å²) in [7, 11) is 0. The molecule has 0 aliphatic heterocycles. The van der Waals surface area contributed by atoms with Gasteiger partial charge in [0.2, 0.25) is 0 Å². The fourth-order valence-electron chi connectivity index (χ4n) is 3.14. The Morgan fingerprint density at radius 2 is 1.73 bits per heavy atom. The molecule has 2 N–H and O–H groups in total. The monoisotopic (exact) mass is 457 g/mol. The van der Waals surface area contributed by atoms with E-state index in [0.717, 1.165) is 11.1 Å². The summed E-state index contributed by atoms with van der Waals surface area (Å²) in [4.78, 5) is 34.1. The molecule has 0 fully saturated rings. The fourth-order valence-corrected chi connectivity index (χ4v) is 3.31. The summed E-state index contributed by atoms with van der Waals surface area (Å²) >= 11 is 6.09. The average Bonchev–Trinajstić information content (AvgIpc) is 2.82. The minimum absolute atomic E-state index is 0.128. The molecule has 1 aromatic heterocycles. The minimum atomic E-state index is -0.516. The number of carbonyl (C=O) groups excluding carboxylic acids is 2. The third-order valence-electron chi connectivity index (χ3n) is 5.07. The molecule has 0 aliphatic rings. The Morgan fingerprint density at radius 3 is 2.52 bits per heavy atom. The van der Waals surface area contributed by atoms with Crippen molar-refractivity contribution in [1.82, 2.24) is 15.4 Å². The van der Waals surface area contributed by atoms with Gasteiger partial charge in [-0.25, -0.2) is 10.4 Å². The molecule has 8 heteroatoms. The van der Waals surface area contributed by atoms with E-state index in [0.29, 0.717) is 16.1 Å². The van der Waals surface area contributed by atoms with Crippen LogP contribution in [0.1, 0.15) is 37.5 Å². The number of aromatic nitrogens is 2. The zero-order chi connectivity index (χ0) is 23.4.